The van der Waals surface area contributed by atoms with Crippen molar-refractivity contribution in [3.05, 3.63) is 23.8 Å². The molecule has 0 aliphatic heterocycles. The van der Waals surface area contributed by atoms with Gasteiger partial charge in [-0.3, -0.25) is 4.79 Å². The number of thioether (sulfide) groups is 1. The summed E-state index contributed by atoms with van der Waals surface area (Å²) < 4.78 is 0. The summed E-state index contributed by atoms with van der Waals surface area (Å²) in [6.45, 7) is 4.73. The molecular weight excluding hydrogens is 244 g/mol. The number of carbonyl (C=O) groups is 1. The minimum atomic E-state index is -0.0632. The Morgan fingerprint density at radius 2 is 2.11 bits per heavy atom. The van der Waals surface area contributed by atoms with E-state index in [2.05, 4.69) is 12.2 Å². The highest BCUT2D eigenvalue weighted by atomic mass is 32.2. The van der Waals surface area contributed by atoms with E-state index in [9.17, 15) is 4.79 Å². The quantitative estimate of drug-likeness (QED) is 0.452. The predicted molar refractivity (Wildman–Crippen MR) is 79.1 cm³/mol. The van der Waals surface area contributed by atoms with Crippen LogP contribution in [-0.2, 0) is 0 Å². The van der Waals surface area contributed by atoms with Crippen molar-refractivity contribution in [2.24, 2.45) is 0 Å². The highest BCUT2D eigenvalue weighted by Gasteiger charge is 2.07. The number of amides is 1. The van der Waals surface area contributed by atoms with Crippen molar-refractivity contribution in [3.8, 4) is 0 Å². The van der Waals surface area contributed by atoms with E-state index in [1.165, 1.54) is 19.3 Å². The Kier molecular flexibility index (Phi) is 6.65. The Morgan fingerprint density at radius 1 is 1.33 bits per heavy atom. The second-order valence-electron chi connectivity index (χ2n) is 4.17. The first kappa shape index (κ1) is 14.9. The molecule has 0 unspecified atom stereocenters. The van der Waals surface area contributed by atoms with E-state index in [0.29, 0.717) is 17.8 Å². The lowest BCUT2D eigenvalue weighted by molar-refractivity contribution is 0.0956. The molecule has 3 nitrogen and oxygen atoms in total. The third kappa shape index (κ3) is 4.61. The van der Waals surface area contributed by atoms with Crippen LogP contribution in [0.1, 0.15) is 43.5 Å². The van der Waals surface area contributed by atoms with E-state index < -0.39 is 0 Å². The molecule has 0 radical (unpaired) electrons. The maximum Gasteiger partial charge on any atom is 0.251 e. The van der Waals surface area contributed by atoms with Crippen LogP contribution in [0.25, 0.3) is 0 Å². The third-order valence-electron chi connectivity index (χ3n) is 2.61. The van der Waals surface area contributed by atoms with Crippen LogP contribution in [0.3, 0.4) is 0 Å². The van der Waals surface area contributed by atoms with Crippen molar-refractivity contribution >= 4 is 23.4 Å². The van der Waals surface area contributed by atoms with Gasteiger partial charge in [-0.1, -0.05) is 19.8 Å². The lowest BCUT2D eigenvalue weighted by Crippen LogP contribution is -2.22. The molecular formula is C14H22N2OS. The van der Waals surface area contributed by atoms with Gasteiger partial charge in [-0.15, -0.1) is 11.8 Å². The Balaban J connectivity index is 2.59. The van der Waals surface area contributed by atoms with Crippen LogP contribution >= 0.6 is 11.8 Å². The zero-order valence-corrected chi connectivity index (χ0v) is 12.0. The topological polar surface area (TPSA) is 55.1 Å². The van der Waals surface area contributed by atoms with E-state index in [1.807, 2.05) is 19.1 Å². The molecule has 1 aromatic rings. The van der Waals surface area contributed by atoms with Gasteiger partial charge in [-0.05, 0) is 37.3 Å². The fourth-order valence-corrected chi connectivity index (χ4v) is 2.58. The molecule has 0 fully saturated rings. The summed E-state index contributed by atoms with van der Waals surface area (Å²) in [6, 6.07) is 5.53. The molecule has 4 heteroatoms. The van der Waals surface area contributed by atoms with E-state index in [-0.39, 0.29) is 5.91 Å². The number of nitrogens with two attached hydrogens (primary N) is 1. The molecule has 0 saturated heterocycles. The van der Waals surface area contributed by atoms with E-state index in [4.69, 9.17) is 5.73 Å². The molecule has 0 aliphatic rings. The highest BCUT2D eigenvalue weighted by Crippen LogP contribution is 2.26. The third-order valence-corrected chi connectivity index (χ3v) is 3.79. The van der Waals surface area contributed by atoms with Gasteiger partial charge in [0.25, 0.3) is 5.91 Å². The number of nitrogen functional groups attached to an aromatic ring is 1. The number of unbranched alkanes of at least 4 members (excludes halogenated alkanes) is 2. The van der Waals surface area contributed by atoms with Crippen LogP contribution in [0, 0.1) is 0 Å². The van der Waals surface area contributed by atoms with Crippen molar-refractivity contribution in [1.29, 1.82) is 0 Å². The molecule has 3 N–H and O–H groups in total. The standard InChI is InChI=1S/C14H22N2OS/c1-3-5-6-9-18-13-8-7-11(10-12(13)15)14(17)16-4-2/h7-8,10H,3-6,9,15H2,1-2H3,(H,16,17). The van der Waals surface area contributed by atoms with Gasteiger partial charge in [0.1, 0.15) is 0 Å². The molecule has 18 heavy (non-hydrogen) atoms. The minimum Gasteiger partial charge on any atom is -0.398 e. The Hall–Kier alpha value is -1.16. The first-order chi connectivity index (χ1) is 8.69. The number of rotatable bonds is 7. The SMILES string of the molecule is CCCCCSc1ccc(C(=O)NCC)cc1N. The summed E-state index contributed by atoms with van der Waals surface area (Å²) in [5.74, 6) is 1.02. The van der Waals surface area contributed by atoms with Crippen molar-refractivity contribution in [2.75, 3.05) is 18.0 Å². The Morgan fingerprint density at radius 3 is 2.72 bits per heavy atom. The maximum absolute atomic E-state index is 11.6. The number of nitrogens with one attached hydrogen (secondary N) is 1. The fraction of sp³-hybridized carbons (Fsp3) is 0.500. The molecule has 0 saturated carbocycles. The van der Waals surface area contributed by atoms with Gasteiger partial charge in [-0.2, -0.15) is 0 Å². The van der Waals surface area contributed by atoms with Gasteiger partial charge in [-0.25, -0.2) is 0 Å². The molecule has 0 bridgehead atoms. The average Bonchev–Trinajstić information content (AvgIpc) is 2.36. The molecule has 1 rings (SSSR count). The zero-order valence-electron chi connectivity index (χ0n) is 11.2. The van der Waals surface area contributed by atoms with Gasteiger partial charge < -0.3 is 11.1 Å². The molecule has 0 aliphatic carbocycles. The average molecular weight is 266 g/mol. The minimum absolute atomic E-state index is 0.0632. The fourth-order valence-electron chi connectivity index (χ4n) is 1.62. The molecule has 1 aromatic carbocycles. The van der Waals surface area contributed by atoms with Crippen LogP contribution in [0.2, 0.25) is 0 Å². The van der Waals surface area contributed by atoms with Gasteiger partial charge in [0, 0.05) is 22.7 Å². The van der Waals surface area contributed by atoms with Gasteiger partial charge in [0.15, 0.2) is 0 Å². The van der Waals surface area contributed by atoms with E-state index >= 15 is 0 Å². The monoisotopic (exact) mass is 266 g/mol. The molecule has 0 atom stereocenters. The number of hydrogen-bond acceptors (Lipinski definition) is 3. The Bertz CT molecular complexity index is 393. The summed E-state index contributed by atoms with van der Waals surface area (Å²) in [7, 11) is 0. The Labute approximate surface area is 114 Å². The second kappa shape index (κ2) is 8.03. The molecule has 0 spiro atoms. The smallest absolute Gasteiger partial charge is 0.251 e. The van der Waals surface area contributed by atoms with Crippen LogP contribution in [0.15, 0.2) is 23.1 Å². The summed E-state index contributed by atoms with van der Waals surface area (Å²) in [4.78, 5) is 12.7. The molecule has 1 amide bonds. The van der Waals surface area contributed by atoms with Crippen molar-refractivity contribution in [3.63, 3.8) is 0 Å². The van der Waals surface area contributed by atoms with Crippen LogP contribution < -0.4 is 11.1 Å². The molecule has 100 valence electrons. The predicted octanol–water partition coefficient (Wildman–Crippen LogP) is 3.30. The van der Waals surface area contributed by atoms with E-state index in [0.717, 1.165) is 10.6 Å². The van der Waals surface area contributed by atoms with Gasteiger partial charge >= 0.3 is 0 Å². The summed E-state index contributed by atoms with van der Waals surface area (Å²) in [5.41, 5.74) is 7.30. The summed E-state index contributed by atoms with van der Waals surface area (Å²) >= 11 is 1.76. The number of hydrogen-bond donors (Lipinski definition) is 2. The lowest BCUT2D eigenvalue weighted by atomic mass is 10.2. The van der Waals surface area contributed by atoms with Crippen molar-refractivity contribution in [1.82, 2.24) is 5.32 Å². The van der Waals surface area contributed by atoms with Gasteiger partial charge in [0.2, 0.25) is 0 Å². The van der Waals surface area contributed by atoms with Crippen LogP contribution in [-0.4, -0.2) is 18.2 Å². The normalized spacial score (nSPS) is 10.3. The lowest BCUT2D eigenvalue weighted by Gasteiger charge is -2.08. The molecule has 0 heterocycles. The molecule has 0 aromatic heterocycles. The summed E-state index contributed by atoms with van der Waals surface area (Å²) in [6.07, 6.45) is 3.69. The van der Waals surface area contributed by atoms with Crippen molar-refractivity contribution in [2.45, 2.75) is 38.0 Å². The van der Waals surface area contributed by atoms with Crippen LogP contribution in [0.4, 0.5) is 5.69 Å². The largest absolute Gasteiger partial charge is 0.398 e. The second-order valence-corrected chi connectivity index (χ2v) is 5.30. The maximum atomic E-state index is 11.6. The first-order valence-electron chi connectivity index (χ1n) is 6.49. The number of benzene rings is 1. The van der Waals surface area contributed by atoms with E-state index in [1.54, 1.807) is 17.8 Å². The van der Waals surface area contributed by atoms with Crippen molar-refractivity contribution < 1.29 is 4.79 Å². The first-order valence-corrected chi connectivity index (χ1v) is 7.48. The number of carbonyl (C=O) groups excluding carboxylic acids is 1. The summed E-state index contributed by atoms with van der Waals surface area (Å²) in [5, 5.41) is 2.77. The highest BCUT2D eigenvalue weighted by molar-refractivity contribution is 7.99. The number of anilines is 1. The van der Waals surface area contributed by atoms with Crippen LogP contribution in [0.5, 0.6) is 0 Å². The zero-order chi connectivity index (χ0) is 13.4. The van der Waals surface area contributed by atoms with Gasteiger partial charge in [0.05, 0.1) is 0 Å².